The molecule has 0 aliphatic heterocycles. The van der Waals surface area contributed by atoms with Gasteiger partial charge in [-0.25, -0.2) is 0 Å². The molecule has 0 aliphatic carbocycles. The normalized spacial score (nSPS) is 12.0. The number of amides is 1. The zero-order valence-electron chi connectivity index (χ0n) is 18.1. The largest absolute Gasteiger partial charge is 0.353 e. The summed E-state index contributed by atoms with van der Waals surface area (Å²) in [7, 11) is 0. The second-order valence-corrected chi connectivity index (χ2v) is 8.12. The summed E-state index contributed by atoms with van der Waals surface area (Å²) in [6, 6.07) is 10.4. The van der Waals surface area contributed by atoms with Gasteiger partial charge in [-0.05, 0) is 49.4 Å². The number of thioether (sulfide) groups is 1. The highest BCUT2D eigenvalue weighted by Crippen LogP contribution is 2.32. The fourth-order valence-corrected chi connectivity index (χ4v) is 4.05. The van der Waals surface area contributed by atoms with Gasteiger partial charge in [0.05, 0.1) is 11.4 Å². The number of pyridine rings is 1. The number of nitrogens with zero attached hydrogens (tertiary/aromatic N) is 4. The minimum atomic E-state index is 0.00585. The predicted molar refractivity (Wildman–Crippen MR) is 122 cm³/mol. The first-order valence-electron chi connectivity index (χ1n) is 10.5. The summed E-state index contributed by atoms with van der Waals surface area (Å²) >= 11 is 1.41. The molecule has 0 aliphatic rings. The van der Waals surface area contributed by atoms with Crippen molar-refractivity contribution in [1.29, 1.82) is 0 Å². The number of aromatic nitrogens is 4. The maximum absolute atomic E-state index is 12.4. The van der Waals surface area contributed by atoms with Gasteiger partial charge in [-0.3, -0.25) is 14.3 Å². The predicted octanol–water partition coefficient (Wildman–Crippen LogP) is 4.46. The van der Waals surface area contributed by atoms with E-state index < -0.39 is 0 Å². The Bertz CT molecular complexity index is 964. The highest BCUT2D eigenvalue weighted by atomic mass is 32.2. The van der Waals surface area contributed by atoms with Gasteiger partial charge in [-0.1, -0.05) is 50.7 Å². The molecular formula is C23H29N5OS. The molecule has 1 aromatic carbocycles. The Hall–Kier alpha value is -2.67. The van der Waals surface area contributed by atoms with E-state index in [0.717, 1.165) is 36.3 Å². The van der Waals surface area contributed by atoms with E-state index in [1.807, 2.05) is 19.1 Å². The molecule has 7 heteroatoms. The van der Waals surface area contributed by atoms with Gasteiger partial charge >= 0.3 is 0 Å². The molecule has 0 bridgehead atoms. The van der Waals surface area contributed by atoms with Crippen LogP contribution in [0.25, 0.3) is 17.1 Å². The van der Waals surface area contributed by atoms with Crippen molar-refractivity contribution in [2.75, 3.05) is 5.75 Å². The van der Waals surface area contributed by atoms with E-state index in [1.165, 1.54) is 22.9 Å². The molecule has 0 saturated heterocycles. The van der Waals surface area contributed by atoms with E-state index in [0.29, 0.717) is 10.9 Å². The lowest BCUT2D eigenvalue weighted by atomic mass is 10.0. The van der Waals surface area contributed by atoms with Crippen molar-refractivity contribution in [2.24, 2.45) is 0 Å². The first-order chi connectivity index (χ1) is 14.6. The van der Waals surface area contributed by atoms with Crippen molar-refractivity contribution in [1.82, 2.24) is 25.1 Å². The third kappa shape index (κ3) is 4.90. The second-order valence-electron chi connectivity index (χ2n) is 7.18. The fraction of sp³-hybridized carbons (Fsp3) is 0.391. The zero-order chi connectivity index (χ0) is 21.5. The number of hydrogen-bond donors (Lipinski definition) is 1. The summed E-state index contributed by atoms with van der Waals surface area (Å²) in [5, 5.41) is 12.7. The van der Waals surface area contributed by atoms with Gasteiger partial charge in [0.15, 0.2) is 11.0 Å². The molecule has 0 fully saturated rings. The molecule has 1 atom stereocenters. The first kappa shape index (κ1) is 22.0. The van der Waals surface area contributed by atoms with Crippen LogP contribution in [-0.2, 0) is 17.6 Å². The Morgan fingerprint density at radius 1 is 1.10 bits per heavy atom. The van der Waals surface area contributed by atoms with Crippen LogP contribution in [0.15, 0.2) is 47.9 Å². The smallest absolute Gasteiger partial charge is 0.230 e. The van der Waals surface area contributed by atoms with Gasteiger partial charge in [0, 0.05) is 24.0 Å². The van der Waals surface area contributed by atoms with Gasteiger partial charge in [-0.2, -0.15) is 0 Å². The van der Waals surface area contributed by atoms with Crippen LogP contribution in [0.2, 0.25) is 0 Å². The average molecular weight is 424 g/mol. The van der Waals surface area contributed by atoms with Crippen molar-refractivity contribution < 1.29 is 4.79 Å². The van der Waals surface area contributed by atoms with Crippen molar-refractivity contribution in [3.63, 3.8) is 0 Å². The topological polar surface area (TPSA) is 72.7 Å². The Morgan fingerprint density at radius 2 is 1.83 bits per heavy atom. The average Bonchev–Trinajstić information content (AvgIpc) is 3.20. The van der Waals surface area contributed by atoms with Gasteiger partial charge in [0.2, 0.25) is 5.91 Å². The maximum atomic E-state index is 12.4. The quantitative estimate of drug-likeness (QED) is 0.515. The molecule has 1 N–H and O–H groups in total. The molecule has 3 aromatic rings. The van der Waals surface area contributed by atoms with Crippen LogP contribution in [0, 0.1) is 0 Å². The number of carbonyl (C=O) groups excluding carboxylic acids is 1. The van der Waals surface area contributed by atoms with Gasteiger partial charge in [0.25, 0.3) is 0 Å². The van der Waals surface area contributed by atoms with Crippen LogP contribution in [-0.4, -0.2) is 37.5 Å². The molecule has 2 aromatic heterocycles. The molecular weight excluding hydrogens is 394 g/mol. The lowest BCUT2D eigenvalue weighted by Gasteiger charge is -2.18. The summed E-state index contributed by atoms with van der Waals surface area (Å²) in [5.41, 5.74) is 4.46. The molecule has 0 saturated carbocycles. The Labute approximate surface area is 182 Å². The van der Waals surface area contributed by atoms with Crippen molar-refractivity contribution in [3.05, 3.63) is 53.9 Å². The van der Waals surface area contributed by atoms with Crippen LogP contribution >= 0.6 is 11.8 Å². The number of benzene rings is 1. The lowest BCUT2D eigenvalue weighted by Crippen LogP contribution is -2.33. The highest BCUT2D eigenvalue weighted by molar-refractivity contribution is 7.99. The minimum absolute atomic E-state index is 0.00585. The summed E-state index contributed by atoms with van der Waals surface area (Å²) in [6.45, 7) is 8.37. The van der Waals surface area contributed by atoms with Crippen molar-refractivity contribution >= 4 is 17.7 Å². The second kappa shape index (κ2) is 10.4. The zero-order valence-corrected chi connectivity index (χ0v) is 18.9. The molecule has 158 valence electrons. The third-order valence-electron chi connectivity index (χ3n) is 5.09. The molecule has 3 rings (SSSR count). The summed E-state index contributed by atoms with van der Waals surface area (Å²) in [5.74, 6) is 1.04. The Kier molecular flexibility index (Phi) is 7.63. The SMILES string of the molecule is CCc1cccc(CC)c1-n1c(SCC(=O)N[C@@H](C)CC)nnc1-c1cccnc1. The summed E-state index contributed by atoms with van der Waals surface area (Å²) < 4.78 is 2.09. The number of nitrogens with one attached hydrogen (secondary N) is 1. The molecule has 0 radical (unpaired) electrons. The van der Waals surface area contributed by atoms with Crippen LogP contribution in [0.3, 0.4) is 0 Å². The van der Waals surface area contributed by atoms with Crippen LogP contribution in [0.4, 0.5) is 0 Å². The van der Waals surface area contributed by atoms with Crippen molar-refractivity contribution in [2.45, 2.75) is 58.2 Å². The van der Waals surface area contributed by atoms with Crippen molar-refractivity contribution in [3.8, 4) is 17.1 Å². The van der Waals surface area contributed by atoms with E-state index in [-0.39, 0.29) is 11.9 Å². The Morgan fingerprint density at radius 3 is 2.43 bits per heavy atom. The Balaban J connectivity index is 2.06. The van der Waals surface area contributed by atoms with Crippen LogP contribution < -0.4 is 5.32 Å². The monoisotopic (exact) mass is 423 g/mol. The van der Waals surface area contributed by atoms with E-state index in [9.17, 15) is 4.79 Å². The number of aryl methyl sites for hydroxylation is 2. The molecule has 1 amide bonds. The van der Waals surface area contributed by atoms with E-state index in [2.05, 4.69) is 64.0 Å². The molecule has 0 unspecified atom stereocenters. The number of para-hydroxylation sites is 1. The minimum Gasteiger partial charge on any atom is -0.353 e. The number of hydrogen-bond acceptors (Lipinski definition) is 5. The van der Waals surface area contributed by atoms with Gasteiger partial charge in [-0.15, -0.1) is 10.2 Å². The van der Waals surface area contributed by atoms with E-state index >= 15 is 0 Å². The van der Waals surface area contributed by atoms with Crippen LogP contribution in [0.1, 0.15) is 45.2 Å². The molecule has 2 heterocycles. The van der Waals surface area contributed by atoms with Crippen LogP contribution in [0.5, 0.6) is 0 Å². The molecule has 0 spiro atoms. The molecule has 30 heavy (non-hydrogen) atoms. The highest BCUT2D eigenvalue weighted by Gasteiger charge is 2.21. The van der Waals surface area contributed by atoms with Gasteiger partial charge in [0.1, 0.15) is 0 Å². The summed E-state index contributed by atoms with van der Waals surface area (Å²) in [4.78, 5) is 16.6. The summed E-state index contributed by atoms with van der Waals surface area (Å²) in [6.07, 6.45) is 6.24. The third-order valence-corrected chi connectivity index (χ3v) is 6.02. The molecule has 6 nitrogen and oxygen atoms in total. The maximum Gasteiger partial charge on any atom is 0.230 e. The number of carbonyl (C=O) groups is 1. The first-order valence-corrected chi connectivity index (χ1v) is 11.5. The van der Waals surface area contributed by atoms with E-state index in [4.69, 9.17) is 0 Å². The fourth-order valence-electron chi connectivity index (χ4n) is 3.30. The van der Waals surface area contributed by atoms with E-state index in [1.54, 1.807) is 12.4 Å². The standard InChI is InChI=1S/C23H29N5OS/c1-5-16(4)25-20(29)15-30-23-27-26-22(19-12-9-13-24-14-19)28(23)21-17(6-2)10-8-11-18(21)7-3/h8-14,16H,5-7,15H2,1-4H3,(H,25,29)/t16-/m0/s1. The van der Waals surface area contributed by atoms with Gasteiger partial charge < -0.3 is 5.32 Å². The lowest BCUT2D eigenvalue weighted by molar-refractivity contribution is -0.119. The number of rotatable bonds is 9.